The molecule has 11 heavy (non-hydrogen) atoms. The van der Waals surface area contributed by atoms with Gasteiger partial charge < -0.3 is 5.73 Å². The minimum atomic E-state index is -3.16. The van der Waals surface area contributed by atoms with E-state index >= 15 is 0 Å². The van der Waals surface area contributed by atoms with Crippen molar-refractivity contribution in [2.24, 2.45) is 5.73 Å². The van der Waals surface area contributed by atoms with E-state index in [9.17, 15) is 12.8 Å². The second-order valence-electron chi connectivity index (χ2n) is 3.05. The summed E-state index contributed by atoms with van der Waals surface area (Å²) in [6.07, 6.45) is 0.679. The smallest absolute Gasteiger partial charge is 0.153 e. The first-order valence-corrected chi connectivity index (χ1v) is 5.39. The first-order valence-electron chi connectivity index (χ1n) is 3.57. The van der Waals surface area contributed by atoms with E-state index in [1.807, 2.05) is 0 Å². The van der Waals surface area contributed by atoms with Gasteiger partial charge in [0, 0.05) is 6.54 Å². The van der Waals surface area contributed by atoms with Crippen molar-refractivity contribution in [2.45, 2.75) is 18.5 Å². The lowest BCUT2D eigenvalue weighted by Crippen LogP contribution is -2.44. The molecule has 0 aromatic heterocycles. The maximum atomic E-state index is 13.3. The maximum Gasteiger partial charge on any atom is 0.153 e. The van der Waals surface area contributed by atoms with Crippen molar-refractivity contribution in [3.05, 3.63) is 0 Å². The molecular weight excluding hydrogens is 169 g/mol. The van der Waals surface area contributed by atoms with E-state index in [-0.39, 0.29) is 18.7 Å². The Bertz CT molecular complexity index is 239. The average Bonchev–Trinajstić information content (AvgIpc) is 1.85. The summed E-state index contributed by atoms with van der Waals surface area (Å²) in [7, 11) is -3.16. The van der Waals surface area contributed by atoms with Gasteiger partial charge in [0.05, 0.1) is 11.5 Å². The molecule has 1 atom stereocenters. The van der Waals surface area contributed by atoms with Gasteiger partial charge in [0.15, 0.2) is 9.84 Å². The minimum Gasteiger partial charge on any atom is -0.327 e. The van der Waals surface area contributed by atoms with Crippen LogP contribution in [0.1, 0.15) is 12.8 Å². The van der Waals surface area contributed by atoms with Gasteiger partial charge in [-0.3, -0.25) is 0 Å². The zero-order valence-corrected chi connectivity index (χ0v) is 7.03. The van der Waals surface area contributed by atoms with Crippen molar-refractivity contribution >= 4 is 9.84 Å². The Morgan fingerprint density at radius 3 is 2.55 bits per heavy atom. The first kappa shape index (κ1) is 8.93. The van der Waals surface area contributed by atoms with Gasteiger partial charge in [-0.15, -0.1) is 0 Å². The summed E-state index contributed by atoms with van der Waals surface area (Å²) in [6, 6.07) is 0. The topological polar surface area (TPSA) is 60.2 Å². The van der Waals surface area contributed by atoms with Crippen molar-refractivity contribution in [1.29, 1.82) is 0 Å². The second-order valence-corrected chi connectivity index (χ2v) is 5.23. The highest BCUT2D eigenvalue weighted by Gasteiger charge is 2.37. The summed E-state index contributed by atoms with van der Waals surface area (Å²) >= 11 is 0. The molecule has 0 saturated carbocycles. The molecule has 2 N–H and O–H groups in total. The van der Waals surface area contributed by atoms with Crippen LogP contribution in [-0.4, -0.2) is 32.1 Å². The highest BCUT2D eigenvalue weighted by Crippen LogP contribution is 2.25. The monoisotopic (exact) mass is 181 g/mol. The van der Waals surface area contributed by atoms with E-state index in [1.54, 1.807) is 0 Å². The number of hydrogen-bond donors (Lipinski definition) is 1. The van der Waals surface area contributed by atoms with E-state index in [4.69, 9.17) is 5.73 Å². The van der Waals surface area contributed by atoms with Crippen LogP contribution >= 0.6 is 0 Å². The SMILES string of the molecule is NCC1(F)CCCS(=O)(=O)C1. The van der Waals surface area contributed by atoms with Crippen LogP contribution in [0.25, 0.3) is 0 Å². The number of rotatable bonds is 1. The second kappa shape index (κ2) is 2.71. The Labute approximate surface area is 65.7 Å². The fourth-order valence-corrected chi connectivity index (χ4v) is 3.09. The molecule has 5 heteroatoms. The molecule has 1 rings (SSSR count). The third-order valence-corrected chi connectivity index (χ3v) is 3.79. The Balaban J connectivity index is 2.75. The third-order valence-electron chi connectivity index (χ3n) is 1.92. The Morgan fingerprint density at radius 1 is 1.55 bits per heavy atom. The Hall–Kier alpha value is -0.160. The summed E-state index contributed by atoms with van der Waals surface area (Å²) in [5.41, 5.74) is 3.46. The van der Waals surface area contributed by atoms with Crippen LogP contribution in [0.5, 0.6) is 0 Å². The van der Waals surface area contributed by atoms with Crippen molar-refractivity contribution in [2.75, 3.05) is 18.1 Å². The number of nitrogens with two attached hydrogens (primary N) is 1. The molecule has 1 fully saturated rings. The molecule has 0 spiro atoms. The average molecular weight is 181 g/mol. The lowest BCUT2D eigenvalue weighted by molar-refractivity contribution is 0.181. The van der Waals surface area contributed by atoms with Gasteiger partial charge in [0.1, 0.15) is 5.67 Å². The molecular formula is C6H12FNO2S. The van der Waals surface area contributed by atoms with E-state index in [2.05, 4.69) is 0 Å². The van der Waals surface area contributed by atoms with Gasteiger partial charge in [0.2, 0.25) is 0 Å². The lowest BCUT2D eigenvalue weighted by atomic mass is 10.0. The normalized spacial score (nSPS) is 36.9. The maximum absolute atomic E-state index is 13.3. The van der Waals surface area contributed by atoms with E-state index in [0.29, 0.717) is 6.42 Å². The molecule has 0 amide bonds. The van der Waals surface area contributed by atoms with Crippen LogP contribution in [0.4, 0.5) is 4.39 Å². The molecule has 1 unspecified atom stereocenters. The van der Waals surface area contributed by atoms with Gasteiger partial charge in [0.25, 0.3) is 0 Å². The van der Waals surface area contributed by atoms with Crippen LogP contribution in [0, 0.1) is 0 Å². The highest BCUT2D eigenvalue weighted by atomic mass is 32.2. The molecule has 66 valence electrons. The summed E-state index contributed by atoms with van der Waals surface area (Å²) in [5.74, 6) is -0.283. The molecule has 1 saturated heterocycles. The molecule has 0 bridgehead atoms. The molecule has 0 aliphatic carbocycles. The van der Waals surface area contributed by atoms with Crippen LogP contribution < -0.4 is 5.73 Å². The predicted molar refractivity (Wildman–Crippen MR) is 40.8 cm³/mol. The molecule has 0 radical (unpaired) electrons. The zero-order chi connectivity index (χ0) is 8.54. The van der Waals surface area contributed by atoms with Crippen molar-refractivity contribution < 1.29 is 12.8 Å². The molecule has 3 nitrogen and oxygen atoms in total. The summed E-state index contributed by atoms with van der Waals surface area (Å²) in [5, 5.41) is 0. The van der Waals surface area contributed by atoms with Gasteiger partial charge in [-0.05, 0) is 12.8 Å². The zero-order valence-electron chi connectivity index (χ0n) is 6.22. The molecule has 1 heterocycles. The van der Waals surface area contributed by atoms with E-state index in [0.717, 1.165) is 0 Å². The van der Waals surface area contributed by atoms with Crippen LogP contribution in [0.2, 0.25) is 0 Å². The third kappa shape index (κ3) is 2.13. The minimum absolute atomic E-state index is 0.110. The number of sulfone groups is 1. The number of halogens is 1. The Kier molecular flexibility index (Phi) is 2.20. The van der Waals surface area contributed by atoms with Crippen LogP contribution in [0.3, 0.4) is 0 Å². The molecule has 0 aromatic rings. The standard InChI is InChI=1S/C6H12FNO2S/c7-6(4-8)2-1-3-11(9,10)5-6/h1-5,8H2. The van der Waals surface area contributed by atoms with Gasteiger partial charge in [-0.2, -0.15) is 0 Å². The van der Waals surface area contributed by atoms with E-state index in [1.165, 1.54) is 0 Å². The van der Waals surface area contributed by atoms with E-state index < -0.39 is 21.3 Å². The largest absolute Gasteiger partial charge is 0.327 e. The van der Waals surface area contributed by atoms with Gasteiger partial charge in [-0.1, -0.05) is 0 Å². The quantitative estimate of drug-likeness (QED) is 0.612. The van der Waals surface area contributed by atoms with Crippen LogP contribution in [0.15, 0.2) is 0 Å². The van der Waals surface area contributed by atoms with Crippen LogP contribution in [-0.2, 0) is 9.84 Å². The summed E-state index contributed by atoms with van der Waals surface area (Å²) < 4.78 is 35.2. The molecule has 1 aliphatic heterocycles. The van der Waals surface area contributed by atoms with Gasteiger partial charge >= 0.3 is 0 Å². The van der Waals surface area contributed by atoms with Crippen molar-refractivity contribution in [1.82, 2.24) is 0 Å². The summed E-state index contributed by atoms with van der Waals surface area (Å²) in [4.78, 5) is 0. The summed E-state index contributed by atoms with van der Waals surface area (Å²) in [6.45, 7) is -0.188. The number of alkyl halides is 1. The first-order chi connectivity index (χ1) is 4.97. The number of hydrogen-bond acceptors (Lipinski definition) is 3. The van der Waals surface area contributed by atoms with Crippen molar-refractivity contribution in [3.8, 4) is 0 Å². The van der Waals surface area contributed by atoms with Gasteiger partial charge in [-0.25, -0.2) is 12.8 Å². The predicted octanol–water partition coefficient (Wildman–Crippen LogP) is -0.138. The fourth-order valence-electron chi connectivity index (χ4n) is 1.31. The highest BCUT2D eigenvalue weighted by molar-refractivity contribution is 7.91. The molecule has 0 aromatic carbocycles. The lowest BCUT2D eigenvalue weighted by Gasteiger charge is -2.27. The van der Waals surface area contributed by atoms with Crippen molar-refractivity contribution in [3.63, 3.8) is 0 Å². The Morgan fingerprint density at radius 2 is 2.18 bits per heavy atom. The fraction of sp³-hybridized carbons (Fsp3) is 1.00. The molecule has 1 aliphatic rings.